The summed E-state index contributed by atoms with van der Waals surface area (Å²) in [6.45, 7) is 1.16. The van der Waals surface area contributed by atoms with Gasteiger partial charge in [-0.1, -0.05) is 29.8 Å². The minimum atomic E-state index is -3.58. The number of amides is 1. The maximum absolute atomic E-state index is 13.0. The number of fused-ring (bicyclic) bond motifs is 1. The zero-order valence-corrected chi connectivity index (χ0v) is 20.3. The standard InChI is InChI=1S/C25H27ClN2O4S/c1-27(17-18-3-4-21-16-23(32-2)8-5-20(21)15-18)25(29)19-11-13-28(14-12-19)33(30,31)24-9-6-22(26)7-10-24/h3-10,15-16,19H,11-14,17H2,1-2H3. The molecule has 1 saturated heterocycles. The van der Waals surface area contributed by atoms with E-state index in [0.717, 1.165) is 22.1 Å². The molecule has 8 heteroatoms. The van der Waals surface area contributed by atoms with Crippen molar-refractivity contribution in [2.45, 2.75) is 24.3 Å². The quantitative estimate of drug-likeness (QED) is 0.512. The van der Waals surface area contributed by atoms with Crippen LogP contribution in [0.2, 0.25) is 5.02 Å². The first-order chi connectivity index (χ1) is 15.8. The first-order valence-electron chi connectivity index (χ1n) is 10.9. The number of hydrogen-bond acceptors (Lipinski definition) is 4. The Morgan fingerprint density at radius 1 is 1.03 bits per heavy atom. The summed E-state index contributed by atoms with van der Waals surface area (Å²) in [7, 11) is -0.132. The van der Waals surface area contributed by atoms with Crippen molar-refractivity contribution in [1.29, 1.82) is 0 Å². The fourth-order valence-corrected chi connectivity index (χ4v) is 5.86. The molecule has 33 heavy (non-hydrogen) atoms. The van der Waals surface area contributed by atoms with Gasteiger partial charge in [-0.15, -0.1) is 0 Å². The number of carbonyl (C=O) groups excluding carboxylic acids is 1. The highest BCUT2D eigenvalue weighted by Gasteiger charge is 2.33. The van der Waals surface area contributed by atoms with Gasteiger partial charge in [-0.3, -0.25) is 4.79 Å². The van der Waals surface area contributed by atoms with Crippen molar-refractivity contribution >= 4 is 38.3 Å². The Bertz CT molecular complexity index is 1250. The number of rotatable bonds is 6. The van der Waals surface area contributed by atoms with E-state index < -0.39 is 10.0 Å². The molecule has 0 N–H and O–H groups in total. The first kappa shape index (κ1) is 23.5. The Kier molecular flexibility index (Phi) is 6.93. The van der Waals surface area contributed by atoms with Crippen molar-refractivity contribution in [2.75, 3.05) is 27.2 Å². The largest absolute Gasteiger partial charge is 0.497 e. The van der Waals surface area contributed by atoms with E-state index in [2.05, 4.69) is 6.07 Å². The van der Waals surface area contributed by atoms with Gasteiger partial charge in [-0.25, -0.2) is 8.42 Å². The molecule has 0 spiro atoms. The van der Waals surface area contributed by atoms with Crippen molar-refractivity contribution in [3.05, 3.63) is 71.2 Å². The first-order valence-corrected chi connectivity index (χ1v) is 12.7. The monoisotopic (exact) mass is 486 g/mol. The molecule has 0 saturated carbocycles. The summed E-state index contributed by atoms with van der Waals surface area (Å²) in [5.74, 6) is 0.678. The van der Waals surface area contributed by atoms with Gasteiger partial charge in [0.05, 0.1) is 12.0 Å². The van der Waals surface area contributed by atoms with Crippen LogP contribution in [-0.2, 0) is 21.4 Å². The number of sulfonamides is 1. The van der Waals surface area contributed by atoms with Crippen LogP contribution in [0.15, 0.2) is 65.6 Å². The molecule has 0 aliphatic carbocycles. The third kappa shape index (κ3) is 5.16. The summed E-state index contributed by atoms with van der Waals surface area (Å²) < 4.78 is 32.5. The number of piperidine rings is 1. The Labute approximate surface area is 199 Å². The van der Waals surface area contributed by atoms with E-state index in [1.165, 1.54) is 16.4 Å². The Balaban J connectivity index is 1.37. The van der Waals surface area contributed by atoms with Crippen LogP contribution in [0.3, 0.4) is 0 Å². The van der Waals surface area contributed by atoms with E-state index in [1.54, 1.807) is 31.2 Å². The van der Waals surface area contributed by atoms with Crippen LogP contribution in [-0.4, -0.2) is 50.8 Å². The van der Waals surface area contributed by atoms with E-state index in [9.17, 15) is 13.2 Å². The van der Waals surface area contributed by atoms with Crippen LogP contribution in [0.4, 0.5) is 0 Å². The van der Waals surface area contributed by atoms with Crippen LogP contribution in [0, 0.1) is 5.92 Å². The molecule has 0 atom stereocenters. The van der Waals surface area contributed by atoms with Crippen LogP contribution < -0.4 is 4.74 Å². The molecule has 0 aromatic heterocycles. The maximum atomic E-state index is 13.0. The number of carbonyl (C=O) groups is 1. The average Bonchev–Trinajstić information content (AvgIpc) is 2.83. The van der Waals surface area contributed by atoms with Crippen molar-refractivity contribution in [3.63, 3.8) is 0 Å². The normalized spacial score (nSPS) is 15.5. The van der Waals surface area contributed by atoms with Gasteiger partial charge in [0.1, 0.15) is 5.75 Å². The third-order valence-corrected chi connectivity index (χ3v) is 8.33. The lowest BCUT2D eigenvalue weighted by Gasteiger charge is -2.32. The van der Waals surface area contributed by atoms with E-state index in [0.29, 0.717) is 37.5 Å². The van der Waals surface area contributed by atoms with Crippen LogP contribution in [0.5, 0.6) is 5.75 Å². The zero-order valence-electron chi connectivity index (χ0n) is 18.7. The molecule has 6 nitrogen and oxygen atoms in total. The number of nitrogens with zero attached hydrogens (tertiary/aromatic N) is 2. The Morgan fingerprint density at radius 2 is 1.67 bits per heavy atom. The fraction of sp³-hybridized carbons (Fsp3) is 0.320. The van der Waals surface area contributed by atoms with E-state index in [-0.39, 0.29) is 16.7 Å². The summed E-state index contributed by atoms with van der Waals surface area (Å²) in [5.41, 5.74) is 1.05. The minimum absolute atomic E-state index is 0.0494. The predicted molar refractivity (Wildman–Crippen MR) is 130 cm³/mol. The summed E-state index contributed by atoms with van der Waals surface area (Å²) >= 11 is 5.87. The molecular weight excluding hydrogens is 460 g/mol. The second-order valence-electron chi connectivity index (χ2n) is 8.37. The van der Waals surface area contributed by atoms with Crippen LogP contribution in [0.1, 0.15) is 18.4 Å². The number of hydrogen-bond donors (Lipinski definition) is 0. The average molecular weight is 487 g/mol. The number of halogens is 1. The second-order valence-corrected chi connectivity index (χ2v) is 10.7. The summed E-state index contributed by atoms with van der Waals surface area (Å²) in [4.78, 5) is 15.0. The smallest absolute Gasteiger partial charge is 0.243 e. The lowest BCUT2D eigenvalue weighted by molar-refractivity contribution is -0.135. The van der Waals surface area contributed by atoms with Gasteiger partial charge >= 0.3 is 0 Å². The topological polar surface area (TPSA) is 66.9 Å². The highest BCUT2D eigenvalue weighted by molar-refractivity contribution is 7.89. The molecule has 174 valence electrons. The minimum Gasteiger partial charge on any atom is -0.497 e. The molecule has 1 amide bonds. The van der Waals surface area contributed by atoms with Gasteiger partial charge in [0, 0.05) is 37.6 Å². The highest BCUT2D eigenvalue weighted by Crippen LogP contribution is 2.27. The third-order valence-electron chi connectivity index (χ3n) is 6.16. The van der Waals surface area contributed by atoms with Gasteiger partial charge in [-0.05, 0) is 71.6 Å². The number of benzene rings is 3. The van der Waals surface area contributed by atoms with Crippen molar-refractivity contribution in [2.24, 2.45) is 5.92 Å². The SMILES string of the molecule is COc1ccc2cc(CN(C)C(=O)C3CCN(S(=O)(=O)c4ccc(Cl)cc4)CC3)ccc2c1. The lowest BCUT2D eigenvalue weighted by Crippen LogP contribution is -2.43. The Morgan fingerprint density at radius 3 is 2.33 bits per heavy atom. The van der Waals surface area contributed by atoms with Crippen LogP contribution >= 0.6 is 11.6 Å². The summed E-state index contributed by atoms with van der Waals surface area (Å²) in [6.07, 6.45) is 1.01. The zero-order chi connectivity index (χ0) is 23.6. The van der Waals surface area contributed by atoms with Gasteiger partial charge in [0.25, 0.3) is 0 Å². The summed E-state index contributed by atoms with van der Waals surface area (Å²) in [6, 6.07) is 18.2. The number of ether oxygens (including phenoxy) is 1. The van der Waals surface area contributed by atoms with Crippen molar-refractivity contribution in [1.82, 2.24) is 9.21 Å². The molecule has 1 heterocycles. The molecule has 3 aromatic carbocycles. The molecule has 3 aromatic rings. The van der Waals surface area contributed by atoms with Gasteiger partial charge in [0.15, 0.2) is 0 Å². The van der Waals surface area contributed by atoms with Gasteiger partial charge in [-0.2, -0.15) is 4.31 Å². The van der Waals surface area contributed by atoms with Crippen molar-refractivity contribution in [3.8, 4) is 5.75 Å². The Hall–Kier alpha value is -2.61. The molecule has 1 aliphatic rings. The highest BCUT2D eigenvalue weighted by atomic mass is 35.5. The van der Waals surface area contributed by atoms with Gasteiger partial charge < -0.3 is 9.64 Å². The van der Waals surface area contributed by atoms with Crippen molar-refractivity contribution < 1.29 is 17.9 Å². The number of methoxy groups -OCH3 is 1. The summed E-state index contributed by atoms with van der Waals surface area (Å²) in [5, 5.41) is 2.67. The molecule has 0 unspecified atom stereocenters. The van der Waals surface area contributed by atoms with Gasteiger partial charge in [0.2, 0.25) is 15.9 Å². The van der Waals surface area contributed by atoms with E-state index in [4.69, 9.17) is 16.3 Å². The fourth-order valence-electron chi connectivity index (χ4n) is 4.26. The van der Waals surface area contributed by atoms with E-state index >= 15 is 0 Å². The van der Waals surface area contributed by atoms with Crippen LogP contribution in [0.25, 0.3) is 10.8 Å². The molecule has 0 radical (unpaired) electrons. The molecule has 1 fully saturated rings. The molecule has 1 aliphatic heterocycles. The lowest BCUT2D eigenvalue weighted by atomic mass is 9.96. The molecule has 4 rings (SSSR count). The predicted octanol–water partition coefficient (Wildman–Crippen LogP) is 4.56. The molecule has 0 bridgehead atoms. The molecular formula is C25H27ClN2O4S. The second kappa shape index (κ2) is 9.71. The maximum Gasteiger partial charge on any atom is 0.243 e. The van der Waals surface area contributed by atoms with E-state index in [1.807, 2.05) is 30.3 Å².